The molecule has 0 saturated heterocycles. The molecule has 0 aromatic carbocycles. The van der Waals surface area contributed by atoms with Gasteiger partial charge in [0, 0.05) is 6.54 Å². The van der Waals surface area contributed by atoms with Gasteiger partial charge in [-0.1, -0.05) is 0 Å². The van der Waals surface area contributed by atoms with Gasteiger partial charge in [-0.2, -0.15) is 5.54 Å². The summed E-state index contributed by atoms with van der Waals surface area (Å²) in [7, 11) is 0. The zero-order valence-corrected chi connectivity index (χ0v) is 5.05. The van der Waals surface area contributed by atoms with Crippen LogP contribution in [0.3, 0.4) is 0 Å². The summed E-state index contributed by atoms with van der Waals surface area (Å²) >= 11 is 0. The summed E-state index contributed by atoms with van der Waals surface area (Å²) in [5, 5.41) is 0. The second-order valence-corrected chi connectivity index (χ2v) is 1.17. The molecule has 1 atom stereocenters. The first kappa shape index (κ1) is 10.9. The Morgan fingerprint density at radius 1 is 1.62 bits per heavy atom. The molecule has 3 N–H and O–H groups in total. The maximum atomic E-state index is 11.7. The molecule has 0 aromatic heterocycles. The van der Waals surface area contributed by atoms with Gasteiger partial charge in [0.1, 0.15) is 6.17 Å². The summed E-state index contributed by atoms with van der Waals surface area (Å²) in [5.41, 5.74) is 5.94. The Balaban J connectivity index is 0. The number of nitrogens with one attached hydrogen (secondary N) is 1. The predicted octanol–water partition coefficient (Wildman–Crippen LogP) is 0.179. The van der Waals surface area contributed by atoms with Crippen molar-refractivity contribution in [3.63, 3.8) is 0 Å². The zero-order chi connectivity index (χ0) is 5.70. The lowest BCUT2D eigenvalue weighted by molar-refractivity contribution is 0.246. The number of hydrogen-bond acceptors (Lipinski definition) is 2. The van der Waals surface area contributed by atoms with Crippen molar-refractivity contribution in [1.82, 2.24) is 5.54 Å². The van der Waals surface area contributed by atoms with Gasteiger partial charge in [-0.3, -0.25) is 0 Å². The zero-order valence-electron chi connectivity index (χ0n) is 4.23. The molecule has 5 heteroatoms. The lowest BCUT2D eigenvalue weighted by atomic mass is 10.4. The second-order valence-electron chi connectivity index (χ2n) is 1.17. The van der Waals surface area contributed by atoms with E-state index in [1.807, 2.05) is 0 Å². The molecular weight excluding hydrogens is 137 g/mol. The first-order valence-electron chi connectivity index (χ1n) is 1.99. The summed E-state index contributed by atoms with van der Waals surface area (Å²) in [4.78, 5) is 0. The molecule has 0 spiro atoms. The number of rotatable bonds is 3. The number of alkyl halides is 1. The van der Waals surface area contributed by atoms with Crippen LogP contribution in [-0.4, -0.2) is 19.3 Å². The van der Waals surface area contributed by atoms with E-state index in [1.54, 1.807) is 0 Å². The van der Waals surface area contributed by atoms with E-state index in [0.717, 1.165) is 5.54 Å². The summed E-state index contributed by atoms with van der Waals surface area (Å²) in [6.45, 7) is -0.437. The molecule has 0 aliphatic heterocycles. The van der Waals surface area contributed by atoms with Crippen LogP contribution in [0.25, 0.3) is 0 Å². The third-order valence-electron chi connectivity index (χ3n) is 0.554. The molecule has 0 saturated carbocycles. The van der Waals surface area contributed by atoms with E-state index in [4.69, 9.17) is 5.73 Å². The molecule has 0 rings (SSSR count). The third-order valence-corrected chi connectivity index (χ3v) is 0.554. The highest BCUT2D eigenvalue weighted by Gasteiger charge is 1.99. The molecule has 0 amide bonds. The minimum absolute atomic E-state index is 0. The van der Waals surface area contributed by atoms with Gasteiger partial charge in [0.25, 0.3) is 0 Å². The fourth-order valence-electron chi connectivity index (χ4n) is 0.167. The molecule has 8 heavy (non-hydrogen) atoms. The number of nitrogens with two attached hydrogens (primary N) is 1. The molecule has 52 valence electrons. The van der Waals surface area contributed by atoms with E-state index >= 15 is 0 Å². The summed E-state index contributed by atoms with van der Waals surface area (Å²) in [6, 6.07) is 0. The van der Waals surface area contributed by atoms with Gasteiger partial charge in [-0.05, 0) is 0 Å². The van der Waals surface area contributed by atoms with E-state index in [0.29, 0.717) is 0 Å². The van der Waals surface area contributed by atoms with E-state index in [2.05, 4.69) is 0 Å². The molecule has 0 bridgehead atoms. The molecular formula is C3H9ClF2N2. The second kappa shape index (κ2) is 7.07. The average molecular weight is 147 g/mol. The quantitative estimate of drug-likeness (QED) is 0.558. The topological polar surface area (TPSA) is 38.0 Å². The molecule has 2 nitrogen and oxygen atoms in total. The van der Waals surface area contributed by atoms with Crippen LogP contribution < -0.4 is 11.3 Å². The van der Waals surface area contributed by atoms with Crippen LogP contribution in [0.1, 0.15) is 0 Å². The number of hydrogen-bond donors (Lipinski definition) is 2. The summed E-state index contributed by atoms with van der Waals surface area (Å²) < 4.78 is 22.6. The fourth-order valence-corrected chi connectivity index (χ4v) is 0.167. The molecule has 0 fully saturated rings. The Morgan fingerprint density at radius 2 is 2.12 bits per heavy atom. The van der Waals surface area contributed by atoms with Crippen molar-refractivity contribution in [3.8, 4) is 0 Å². The van der Waals surface area contributed by atoms with Gasteiger partial charge in [0.05, 0.1) is 6.54 Å². The van der Waals surface area contributed by atoms with E-state index < -0.39 is 6.17 Å². The van der Waals surface area contributed by atoms with Crippen LogP contribution in [0.15, 0.2) is 0 Å². The molecule has 0 heterocycles. The van der Waals surface area contributed by atoms with Crippen molar-refractivity contribution in [2.24, 2.45) is 5.73 Å². The highest BCUT2D eigenvalue weighted by molar-refractivity contribution is 5.85. The van der Waals surface area contributed by atoms with Crippen molar-refractivity contribution in [2.45, 2.75) is 6.17 Å². The Kier molecular flexibility index (Phi) is 9.68. The van der Waals surface area contributed by atoms with Crippen molar-refractivity contribution >= 4 is 12.4 Å². The van der Waals surface area contributed by atoms with Crippen molar-refractivity contribution < 1.29 is 8.87 Å². The Bertz CT molecular complexity index is 46.3. The lowest BCUT2D eigenvalue weighted by Gasteiger charge is -1.97. The van der Waals surface area contributed by atoms with Gasteiger partial charge >= 0.3 is 0 Å². The highest BCUT2D eigenvalue weighted by atomic mass is 35.5. The monoisotopic (exact) mass is 146 g/mol. The highest BCUT2D eigenvalue weighted by Crippen LogP contribution is 1.81. The molecule has 1 unspecified atom stereocenters. The van der Waals surface area contributed by atoms with Crippen LogP contribution in [-0.2, 0) is 0 Å². The Hall–Kier alpha value is 0.0700. The number of halogens is 3. The van der Waals surface area contributed by atoms with Crippen molar-refractivity contribution in [2.75, 3.05) is 13.1 Å². The maximum Gasteiger partial charge on any atom is 0.127 e. The summed E-state index contributed by atoms with van der Waals surface area (Å²) in [5.74, 6) is 0. The SMILES string of the molecule is Cl.NCC(F)CNF. The summed E-state index contributed by atoms with van der Waals surface area (Å²) in [6.07, 6.45) is -1.26. The predicted molar refractivity (Wildman–Crippen MR) is 30.3 cm³/mol. The van der Waals surface area contributed by atoms with Gasteiger partial charge in [-0.15, -0.1) is 16.9 Å². The van der Waals surface area contributed by atoms with Crippen LogP contribution in [0.5, 0.6) is 0 Å². The van der Waals surface area contributed by atoms with Gasteiger partial charge in [0.2, 0.25) is 0 Å². The molecule has 0 radical (unpaired) electrons. The van der Waals surface area contributed by atoms with E-state index in [-0.39, 0.29) is 25.5 Å². The van der Waals surface area contributed by atoms with Crippen LogP contribution >= 0.6 is 12.4 Å². The third kappa shape index (κ3) is 6.07. The first-order valence-corrected chi connectivity index (χ1v) is 1.99. The average Bonchev–Trinajstić information content (AvgIpc) is 1.68. The van der Waals surface area contributed by atoms with Crippen LogP contribution in [0.2, 0.25) is 0 Å². The van der Waals surface area contributed by atoms with Gasteiger partial charge in [0.15, 0.2) is 0 Å². The normalized spacial score (nSPS) is 12.4. The largest absolute Gasteiger partial charge is 0.328 e. The fraction of sp³-hybridized carbons (Fsp3) is 1.00. The van der Waals surface area contributed by atoms with Crippen LogP contribution in [0, 0.1) is 0 Å². The Labute approximate surface area is 52.8 Å². The standard InChI is InChI=1S/C3H8F2N2.ClH/c4-3(1-6)2-7-5;/h3,7H,1-2,6H2;1H. The first-order chi connectivity index (χ1) is 3.31. The molecule has 0 aliphatic carbocycles. The minimum atomic E-state index is -1.26. The molecule has 0 aliphatic rings. The molecule has 0 aromatic rings. The lowest BCUT2D eigenvalue weighted by Crippen LogP contribution is -2.24. The smallest absolute Gasteiger partial charge is 0.127 e. The van der Waals surface area contributed by atoms with E-state index in [1.165, 1.54) is 0 Å². The minimum Gasteiger partial charge on any atom is -0.328 e. The van der Waals surface area contributed by atoms with Crippen molar-refractivity contribution in [3.05, 3.63) is 0 Å². The van der Waals surface area contributed by atoms with Crippen LogP contribution in [0.4, 0.5) is 8.87 Å². The van der Waals surface area contributed by atoms with Gasteiger partial charge in [-0.25, -0.2) is 4.39 Å². The maximum absolute atomic E-state index is 11.7. The van der Waals surface area contributed by atoms with Gasteiger partial charge < -0.3 is 5.73 Å². The van der Waals surface area contributed by atoms with E-state index in [9.17, 15) is 8.87 Å². The van der Waals surface area contributed by atoms with Crippen molar-refractivity contribution in [1.29, 1.82) is 0 Å². The Morgan fingerprint density at radius 3 is 2.25 bits per heavy atom.